The summed E-state index contributed by atoms with van der Waals surface area (Å²) < 4.78 is 0. The Morgan fingerprint density at radius 1 is 0.667 bits per heavy atom. The lowest BCUT2D eigenvalue weighted by Crippen LogP contribution is -2.33. The molecule has 0 unspecified atom stereocenters. The quantitative estimate of drug-likeness (QED) is 0.277. The average molecular weight is 479 g/mol. The fourth-order valence-electron chi connectivity index (χ4n) is 6.08. The first kappa shape index (κ1) is 24.9. The molecule has 2 aliphatic rings. The molecule has 188 valence electrons. The van der Waals surface area contributed by atoms with Gasteiger partial charge < -0.3 is 0 Å². The topological polar surface area (TPSA) is 24.7 Å². The van der Waals surface area contributed by atoms with Gasteiger partial charge in [-0.25, -0.2) is 0 Å². The minimum absolute atomic E-state index is 0.0283. The van der Waals surface area contributed by atoms with Gasteiger partial charge in [0.05, 0.1) is 10.7 Å². The maximum Gasteiger partial charge on any atom is 0.151 e. The van der Waals surface area contributed by atoms with Crippen molar-refractivity contribution in [3.63, 3.8) is 0 Å². The van der Waals surface area contributed by atoms with Crippen molar-refractivity contribution in [1.82, 2.24) is 0 Å². The van der Waals surface area contributed by atoms with Crippen molar-refractivity contribution in [3.8, 4) is 22.3 Å². The summed E-state index contributed by atoms with van der Waals surface area (Å²) in [7, 11) is 0. The Morgan fingerprint density at radius 3 is 1.86 bits per heavy atom. The highest BCUT2D eigenvalue weighted by molar-refractivity contribution is 5.80. The van der Waals surface area contributed by atoms with Crippen molar-refractivity contribution in [2.45, 2.75) is 104 Å². The first-order chi connectivity index (χ1) is 17.0. The van der Waals surface area contributed by atoms with E-state index >= 15 is 0 Å². The van der Waals surface area contributed by atoms with Crippen LogP contribution in [-0.4, -0.2) is 5.66 Å². The molecule has 0 spiro atoms. The molecule has 0 saturated heterocycles. The van der Waals surface area contributed by atoms with Gasteiger partial charge in [0.25, 0.3) is 0 Å². The van der Waals surface area contributed by atoms with Gasteiger partial charge in [0.2, 0.25) is 0 Å². The maximum absolute atomic E-state index is 5.42. The molecule has 2 heteroatoms. The standard InChI is InChI=1S/C34H42N2/c1-9-17-34(18-10-2)35-30-28(15-16-29(31(30)36-34)33(6,7)8)22-11-13-26-23(19-22)20-24-21-25(32(3,4)5)12-14-27(24)26/h11-16,19,21H,9-10,17-18,20H2,1-8H3. The van der Waals surface area contributed by atoms with Crippen molar-refractivity contribution >= 4 is 0 Å². The summed E-state index contributed by atoms with van der Waals surface area (Å²) in [5, 5.41) is 2.23. The lowest BCUT2D eigenvalue weighted by atomic mass is 9.85. The van der Waals surface area contributed by atoms with Crippen LogP contribution >= 0.6 is 0 Å². The molecule has 0 aromatic heterocycles. The van der Waals surface area contributed by atoms with E-state index in [-0.39, 0.29) is 16.5 Å². The van der Waals surface area contributed by atoms with Crippen LogP contribution in [0.3, 0.4) is 0 Å². The highest BCUT2D eigenvalue weighted by Crippen LogP contribution is 2.40. The van der Waals surface area contributed by atoms with Gasteiger partial charge in [-0.15, -0.1) is 0 Å². The zero-order valence-electron chi connectivity index (χ0n) is 23.5. The molecular weight excluding hydrogens is 436 g/mol. The van der Waals surface area contributed by atoms with Crippen molar-refractivity contribution in [2.24, 2.45) is 9.98 Å². The van der Waals surface area contributed by atoms with Crippen LogP contribution in [0, 0.1) is 0 Å². The Hall–Kier alpha value is -2.74. The van der Waals surface area contributed by atoms with E-state index in [0.29, 0.717) is 0 Å². The lowest BCUT2D eigenvalue weighted by molar-refractivity contribution is 0.374. The molecule has 2 nitrogen and oxygen atoms in total. The Kier molecular flexibility index (Phi) is 6.01. The molecular formula is C34H42N2. The summed E-state index contributed by atoms with van der Waals surface area (Å²) in [5.41, 5.74) is 10.7. The number of fused-ring (bicyclic) bond motifs is 4. The minimum atomic E-state index is -0.307. The van der Waals surface area contributed by atoms with Crippen LogP contribution in [-0.2, 0) is 17.3 Å². The molecule has 0 amide bonds. The predicted molar refractivity (Wildman–Crippen MR) is 152 cm³/mol. The van der Waals surface area contributed by atoms with Crippen LogP contribution in [0.5, 0.6) is 0 Å². The van der Waals surface area contributed by atoms with E-state index in [1.807, 2.05) is 0 Å². The number of hydrogen-bond donors (Lipinski definition) is 0. The highest BCUT2D eigenvalue weighted by atomic mass is 15.1. The zero-order valence-corrected chi connectivity index (χ0v) is 23.5. The molecule has 0 radical (unpaired) electrons. The van der Waals surface area contributed by atoms with Crippen molar-refractivity contribution < 1.29 is 0 Å². The Labute approximate surface area is 217 Å². The van der Waals surface area contributed by atoms with Gasteiger partial charge in [-0.05, 0) is 69.0 Å². The van der Waals surface area contributed by atoms with Crippen molar-refractivity contribution in [1.29, 1.82) is 0 Å². The normalized spacial score (nSPS) is 15.7. The number of rotatable bonds is 5. The van der Waals surface area contributed by atoms with E-state index < -0.39 is 0 Å². The second-order valence-corrected chi connectivity index (χ2v) is 13.0. The fraction of sp³-hybridized carbons (Fsp3) is 0.471. The first-order valence-electron chi connectivity index (χ1n) is 13.9. The van der Waals surface area contributed by atoms with Gasteiger partial charge in [0.15, 0.2) is 5.66 Å². The van der Waals surface area contributed by atoms with Crippen LogP contribution in [0.25, 0.3) is 22.3 Å². The molecule has 3 aromatic carbocycles. The summed E-state index contributed by atoms with van der Waals surface area (Å²) in [6, 6.07) is 18.7. The molecule has 1 aliphatic carbocycles. The molecule has 0 N–H and O–H groups in total. The highest BCUT2D eigenvalue weighted by Gasteiger charge is 2.33. The van der Waals surface area contributed by atoms with Crippen molar-refractivity contribution in [3.05, 3.63) is 81.5 Å². The SMILES string of the molecule is CCCC1(CCC)N=c2c(-c3ccc4c(c3)Cc3cc(C(C)(C)C)ccc3-4)ccc(C(C)(C)C)c2=N1. The van der Waals surface area contributed by atoms with Gasteiger partial charge in [0.1, 0.15) is 0 Å². The molecule has 0 saturated carbocycles. The molecule has 0 fully saturated rings. The Morgan fingerprint density at radius 2 is 1.25 bits per heavy atom. The van der Waals surface area contributed by atoms with Crippen molar-refractivity contribution in [2.75, 3.05) is 0 Å². The molecule has 0 atom stereocenters. The average Bonchev–Trinajstić information content (AvgIpc) is 3.34. The van der Waals surface area contributed by atoms with E-state index in [9.17, 15) is 0 Å². The van der Waals surface area contributed by atoms with Gasteiger partial charge in [-0.3, -0.25) is 9.98 Å². The monoisotopic (exact) mass is 478 g/mol. The van der Waals surface area contributed by atoms with E-state index in [1.54, 1.807) is 0 Å². The van der Waals surface area contributed by atoms with Crippen LogP contribution in [0.15, 0.2) is 58.5 Å². The summed E-state index contributed by atoms with van der Waals surface area (Å²) >= 11 is 0. The van der Waals surface area contributed by atoms with Crippen LogP contribution in [0.4, 0.5) is 0 Å². The third-order valence-corrected chi connectivity index (χ3v) is 7.96. The lowest BCUT2D eigenvalue weighted by Gasteiger charge is -2.22. The molecule has 36 heavy (non-hydrogen) atoms. The largest absolute Gasteiger partial charge is 0.253 e. The molecule has 1 aliphatic heterocycles. The minimum Gasteiger partial charge on any atom is -0.253 e. The van der Waals surface area contributed by atoms with E-state index in [2.05, 4.69) is 104 Å². The third kappa shape index (κ3) is 4.23. The van der Waals surface area contributed by atoms with E-state index in [4.69, 9.17) is 9.98 Å². The van der Waals surface area contributed by atoms with E-state index in [0.717, 1.165) is 42.8 Å². The molecule has 5 rings (SSSR count). The molecule has 0 bridgehead atoms. The van der Waals surface area contributed by atoms with Gasteiger partial charge in [-0.1, -0.05) is 117 Å². The summed E-state index contributed by atoms with van der Waals surface area (Å²) in [6.45, 7) is 18.2. The fourth-order valence-corrected chi connectivity index (χ4v) is 6.08. The molecule has 1 heterocycles. The first-order valence-corrected chi connectivity index (χ1v) is 13.9. The smallest absolute Gasteiger partial charge is 0.151 e. The Balaban J connectivity index is 1.64. The molecule has 3 aromatic rings. The number of hydrogen-bond acceptors (Lipinski definition) is 2. The zero-order chi connectivity index (χ0) is 25.9. The van der Waals surface area contributed by atoms with Crippen LogP contribution < -0.4 is 10.7 Å². The van der Waals surface area contributed by atoms with Gasteiger partial charge in [0, 0.05) is 5.56 Å². The summed E-state index contributed by atoms with van der Waals surface area (Å²) in [5.74, 6) is 0. The van der Waals surface area contributed by atoms with Gasteiger partial charge in [-0.2, -0.15) is 0 Å². The number of benzene rings is 3. The number of nitrogens with zero attached hydrogens (tertiary/aromatic N) is 2. The second-order valence-electron chi connectivity index (χ2n) is 13.0. The van der Waals surface area contributed by atoms with Crippen LogP contribution in [0.1, 0.15) is 103 Å². The van der Waals surface area contributed by atoms with Gasteiger partial charge >= 0.3 is 0 Å². The maximum atomic E-state index is 5.42. The van der Waals surface area contributed by atoms with E-state index in [1.165, 1.54) is 44.5 Å². The third-order valence-electron chi connectivity index (χ3n) is 7.96. The second kappa shape index (κ2) is 8.68. The Bertz CT molecular complexity index is 1440. The summed E-state index contributed by atoms with van der Waals surface area (Å²) in [4.78, 5) is 10.8. The summed E-state index contributed by atoms with van der Waals surface area (Å²) in [6.07, 6.45) is 5.20. The predicted octanol–water partition coefficient (Wildman–Crippen LogP) is 8.07. The van der Waals surface area contributed by atoms with Crippen LogP contribution in [0.2, 0.25) is 0 Å².